The molecule has 1 amide bonds. The first-order valence-electron chi connectivity index (χ1n) is 9.43. The second kappa shape index (κ2) is 13.4. The fourth-order valence-corrected chi connectivity index (χ4v) is 3.38. The van der Waals surface area contributed by atoms with Gasteiger partial charge in [-0.1, -0.05) is 30.3 Å². The van der Waals surface area contributed by atoms with Gasteiger partial charge in [0.25, 0.3) is 0 Å². The smallest absolute Gasteiger partial charge is 0.415 e. The van der Waals surface area contributed by atoms with Crippen LogP contribution in [0.25, 0.3) is 0 Å². The third-order valence-corrected chi connectivity index (χ3v) is 4.97. The van der Waals surface area contributed by atoms with Crippen LogP contribution in [0, 0.1) is 22.7 Å². The number of esters is 1. The van der Waals surface area contributed by atoms with Gasteiger partial charge >= 0.3 is 25.3 Å². The quantitative estimate of drug-likeness (QED) is 0.186. The number of ether oxygens (including phenoxy) is 4. The first-order valence-corrected chi connectivity index (χ1v) is 11.0. The van der Waals surface area contributed by atoms with E-state index in [9.17, 15) is 23.9 Å². The van der Waals surface area contributed by atoms with E-state index in [1.165, 1.54) is 6.92 Å². The van der Waals surface area contributed by atoms with Gasteiger partial charge in [0.2, 0.25) is 0 Å². The molecule has 1 aromatic rings. The Morgan fingerprint density at radius 2 is 1.62 bits per heavy atom. The highest BCUT2D eigenvalue weighted by Gasteiger charge is 2.58. The van der Waals surface area contributed by atoms with Gasteiger partial charge in [-0.3, -0.25) is 9.36 Å². The van der Waals surface area contributed by atoms with Gasteiger partial charge in [-0.05, 0) is 12.5 Å². The minimum atomic E-state index is -5.51. The number of carbonyl (C=O) groups is 2. The van der Waals surface area contributed by atoms with Crippen LogP contribution in [0.1, 0.15) is 25.3 Å². The molecule has 0 spiro atoms. The predicted octanol–water partition coefficient (Wildman–Crippen LogP) is 1.84. The monoisotopic (exact) mass is 469 g/mol. The largest absolute Gasteiger partial charge is 0.465 e. The summed E-state index contributed by atoms with van der Waals surface area (Å²) in [6, 6.07) is 11.9. The first kappa shape index (κ1) is 27.0. The molecule has 2 N–H and O–H groups in total. The number of nitriles is 2. The molecular formula is C19H24N3O9P. The maximum Gasteiger partial charge on any atom is 0.415 e. The zero-order valence-corrected chi connectivity index (χ0v) is 18.3. The van der Waals surface area contributed by atoms with Crippen LogP contribution in [0.5, 0.6) is 0 Å². The fourth-order valence-electron chi connectivity index (χ4n) is 2.39. The number of rotatable bonds is 13. The normalized spacial score (nSPS) is 11.2. The molecule has 0 fully saturated rings. The third-order valence-electron chi connectivity index (χ3n) is 3.74. The Morgan fingerprint density at radius 1 is 1.06 bits per heavy atom. The first-order chi connectivity index (χ1) is 15.2. The van der Waals surface area contributed by atoms with Crippen molar-refractivity contribution in [1.82, 2.24) is 4.90 Å². The second-order valence-electron chi connectivity index (χ2n) is 6.04. The average Bonchev–Trinajstić information content (AvgIpc) is 2.75. The number of hydrogen-bond acceptors (Lipinski definition) is 9. The van der Waals surface area contributed by atoms with Crippen LogP contribution >= 0.6 is 7.60 Å². The van der Waals surface area contributed by atoms with E-state index < -0.39 is 45.1 Å². The summed E-state index contributed by atoms with van der Waals surface area (Å²) in [5.74, 6) is -1.02. The van der Waals surface area contributed by atoms with Crippen LogP contribution in [-0.2, 0) is 34.9 Å². The van der Waals surface area contributed by atoms with Crippen LogP contribution in [0.3, 0.4) is 0 Å². The van der Waals surface area contributed by atoms with Crippen molar-refractivity contribution >= 4 is 19.7 Å². The molecule has 0 saturated heterocycles. The number of amides is 1. The molecule has 0 heterocycles. The Kier molecular flexibility index (Phi) is 11.3. The molecule has 12 nitrogen and oxygen atoms in total. The van der Waals surface area contributed by atoms with Gasteiger partial charge in [-0.2, -0.15) is 10.5 Å². The summed E-state index contributed by atoms with van der Waals surface area (Å²) in [6.07, 6.45) is -1.97. The van der Waals surface area contributed by atoms with Gasteiger partial charge < -0.3 is 28.7 Å². The molecule has 0 unspecified atom stereocenters. The molecule has 174 valence electrons. The molecule has 0 bridgehead atoms. The minimum Gasteiger partial charge on any atom is -0.465 e. The summed E-state index contributed by atoms with van der Waals surface area (Å²) >= 11 is 0. The minimum absolute atomic E-state index is 0.0702. The number of hydrogen-bond donors (Lipinski definition) is 2. The van der Waals surface area contributed by atoms with Gasteiger partial charge in [0.1, 0.15) is 13.2 Å². The van der Waals surface area contributed by atoms with E-state index in [2.05, 4.69) is 0 Å². The molecule has 0 radical (unpaired) electrons. The zero-order chi connectivity index (χ0) is 24.0. The van der Waals surface area contributed by atoms with Crippen molar-refractivity contribution in [2.75, 3.05) is 26.4 Å². The van der Waals surface area contributed by atoms with E-state index in [-0.39, 0.29) is 31.0 Å². The van der Waals surface area contributed by atoms with E-state index in [0.29, 0.717) is 5.56 Å². The molecule has 0 aliphatic heterocycles. The Hall–Kier alpha value is -2.99. The van der Waals surface area contributed by atoms with E-state index in [4.69, 9.17) is 29.5 Å². The highest BCUT2D eigenvalue weighted by atomic mass is 31.2. The summed E-state index contributed by atoms with van der Waals surface area (Å²) in [5.41, 5.74) is -2.56. The third kappa shape index (κ3) is 7.93. The Labute approximate surface area is 185 Å². The lowest BCUT2D eigenvalue weighted by molar-refractivity contribution is -0.259. The van der Waals surface area contributed by atoms with Gasteiger partial charge in [-0.25, -0.2) is 9.69 Å². The van der Waals surface area contributed by atoms with Gasteiger partial charge in [0.15, 0.2) is 0 Å². The molecule has 13 heteroatoms. The van der Waals surface area contributed by atoms with Crippen molar-refractivity contribution < 1.29 is 42.9 Å². The summed E-state index contributed by atoms with van der Waals surface area (Å²) in [7, 11) is -5.51. The lowest BCUT2D eigenvalue weighted by Crippen LogP contribution is -2.57. The van der Waals surface area contributed by atoms with Gasteiger partial charge in [0, 0.05) is 0 Å². The van der Waals surface area contributed by atoms with Crippen LogP contribution in [0.2, 0.25) is 0 Å². The van der Waals surface area contributed by atoms with Crippen LogP contribution < -0.4 is 0 Å². The summed E-state index contributed by atoms with van der Waals surface area (Å²) in [4.78, 5) is 45.4. The van der Waals surface area contributed by atoms with E-state index >= 15 is 0 Å². The maximum absolute atomic E-state index is 12.9. The number of nitrogens with zero attached hydrogens (tertiary/aromatic N) is 3. The molecule has 0 aromatic heterocycles. The summed E-state index contributed by atoms with van der Waals surface area (Å²) in [6.45, 7) is -0.963. The molecule has 1 rings (SSSR count). The lowest BCUT2D eigenvalue weighted by atomic mass is 10.2. The molecule has 1 aromatic carbocycles. The predicted molar refractivity (Wildman–Crippen MR) is 107 cm³/mol. The number of carbonyl (C=O) groups excluding carboxylic acids is 2. The van der Waals surface area contributed by atoms with Gasteiger partial charge in [0.05, 0.1) is 44.8 Å². The lowest BCUT2D eigenvalue weighted by Gasteiger charge is -2.40. The van der Waals surface area contributed by atoms with Crippen molar-refractivity contribution in [2.45, 2.75) is 32.0 Å². The fraction of sp³-hybridized carbons (Fsp3) is 0.474. The van der Waals surface area contributed by atoms with Crippen molar-refractivity contribution in [3.05, 3.63) is 35.9 Å². The molecule has 0 saturated carbocycles. The van der Waals surface area contributed by atoms with E-state index in [1.54, 1.807) is 42.5 Å². The van der Waals surface area contributed by atoms with Crippen LogP contribution in [0.15, 0.2) is 30.3 Å². The van der Waals surface area contributed by atoms with Gasteiger partial charge in [-0.15, -0.1) is 0 Å². The Morgan fingerprint density at radius 3 is 2.09 bits per heavy atom. The summed E-state index contributed by atoms with van der Waals surface area (Å²) < 4.78 is 32.8. The standard InChI is InChI=1S/C19H24N3O9P/c1-2-28-17(23)14-22(18(24)29-15-16-8-4-3-5-9-16)19(32(25,26)27,30-12-6-10-20)31-13-7-11-21/h3-5,8-9H,2,6-7,12-15H2,1H3,(H2,25,26,27). The molecule has 0 aliphatic rings. The summed E-state index contributed by atoms with van der Waals surface area (Å²) in [5, 5.41) is 17.5. The van der Waals surface area contributed by atoms with Crippen molar-refractivity contribution in [2.24, 2.45) is 0 Å². The van der Waals surface area contributed by atoms with E-state index in [0.717, 1.165) is 0 Å². The zero-order valence-electron chi connectivity index (χ0n) is 17.4. The molecule has 0 aliphatic carbocycles. The Balaban J connectivity index is 3.35. The SMILES string of the molecule is CCOC(=O)CN(C(=O)OCc1ccccc1)C(OCCC#N)(OCCC#N)P(=O)(O)O. The van der Waals surface area contributed by atoms with Crippen molar-refractivity contribution in [3.63, 3.8) is 0 Å². The highest BCUT2D eigenvalue weighted by molar-refractivity contribution is 7.53. The molecular weight excluding hydrogens is 445 g/mol. The molecule has 32 heavy (non-hydrogen) atoms. The van der Waals surface area contributed by atoms with E-state index in [1.807, 2.05) is 0 Å². The second-order valence-corrected chi connectivity index (χ2v) is 7.69. The Bertz CT molecular complexity index is 856. The van der Waals surface area contributed by atoms with Crippen molar-refractivity contribution in [1.29, 1.82) is 10.5 Å². The molecule has 0 atom stereocenters. The average molecular weight is 469 g/mol. The maximum atomic E-state index is 12.9. The van der Waals surface area contributed by atoms with Crippen LogP contribution in [0.4, 0.5) is 4.79 Å². The van der Waals surface area contributed by atoms with Crippen molar-refractivity contribution in [3.8, 4) is 12.1 Å². The van der Waals surface area contributed by atoms with Crippen LogP contribution in [-0.4, -0.2) is 58.8 Å². The number of benzene rings is 1. The topological polar surface area (TPSA) is 179 Å². The highest BCUT2D eigenvalue weighted by Crippen LogP contribution is 2.54.